The molecule has 0 unspecified atom stereocenters. The van der Waals surface area contributed by atoms with Gasteiger partial charge in [0.2, 0.25) is 0 Å². The minimum absolute atomic E-state index is 0.249. The first-order valence-corrected chi connectivity index (χ1v) is 15.4. The third-order valence-corrected chi connectivity index (χ3v) is 7.92. The van der Waals surface area contributed by atoms with Crippen LogP contribution in [0, 0.1) is 0 Å². The molecule has 0 saturated carbocycles. The van der Waals surface area contributed by atoms with Crippen LogP contribution >= 0.6 is 11.8 Å². The maximum absolute atomic E-state index is 6.70. The molecule has 5 nitrogen and oxygen atoms in total. The lowest BCUT2D eigenvalue weighted by Gasteiger charge is -2.45. The third kappa shape index (κ3) is 8.76. The van der Waals surface area contributed by atoms with E-state index in [1.807, 2.05) is 79.1 Å². The van der Waals surface area contributed by atoms with Gasteiger partial charge in [-0.15, -0.1) is 11.8 Å². The SMILES string of the molecule is [13CH3]S[13C@@H]1O[C@H](COCc2ccccc2)[C@@H](OCc2ccccc2)[C@H](OCc2ccccc2)[C@H]1OCc1ccccc1. The van der Waals surface area contributed by atoms with Gasteiger partial charge in [0.1, 0.15) is 29.9 Å². The smallest absolute Gasteiger partial charge is 0.132 e. The number of ether oxygens (including phenoxy) is 5. The van der Waals surface area contributed by atoms with E-state index in [1.165, 1.54) is 0 Å². The number of thioether (sulfide) groups is 1. The van der Waals surface area contributed by atoms with Gasteiger partial charge in [0, 0.05) is 0 Å². The second-order valence-electron chi connectivity index (χ2n) is 10.1. The van der Waals surface area contributed by atoms with Crippen LogP contribution in [0.4, 0.5) is 0 Å². The molecule has 0 spiro atoms. The third-order valence-electron chi connectivity index (χ3n) is 7.07. The van der Waals surface area contributed by atoms with Crippen molar-refractivity contribution in [3.8, 4) is 0 Å². The molecular formula is C35H38O5S. The van der Waals surface area contributed by atoms with Gasteiger partial charge in [-0.05, 0) is 28.5 Å². The first kappa shape index (κ1) is 29.5. The molecule has 1 heterocycles. The van der Waals surface area contributed by atoms with Crippen LogP contribution in [-0.4, -0.2) is 42.7 Å². The van der Waals surface area contributed by atoms with Crippen molar-refractivity contribution in [2.75, 3.05) is 12.9 Å². The van der Waals surface area contributed by atoms with Gasteiger partial charge < -0.3 is 23.7 Å². The lowest BCUT2D eigenvalue weighted by atomic mass is 10.0. The van der Waals surface area contributed by atoms with E-state index < -0.39 is 6.10 Å². The zero-order valence-electron chi connectivity index (χ0n) is 23.4. The summed E-state index contributed by atoms with van der Waals surface area (Å²) in [5, 5.41) is 0. The topological polar surface area (TPSA) is 46.2 Å². The summed E-state index contributed by atoms with van der Waals surface area (Å²) >= 11 is 1.63. The Morgan fingerprint density at radius 1 is 0.512 bits per heavy atom. The molecule has 0 bridgehead atoms. The molecule has 4 aromatic carbocycles. The predicted molar refractivity (Wildman–Crippen MR) is 163 cm³/mol. The normalized spacial score (nSPS) is 22.4. The molecule has 5 rings (SSSR count). The number of benzene rings is 4. The Kier molecular flexibility index (Phi) is 11.4. The molecule has 6 heteroatoms. The summed E-state index contributed by atoms with van der Waals surface area (Å²) in [4.78, 5) is 0. The number of hydrogen-bond donors (Lipinski definition) is 0. The van der Waals surface area contributed by atoms with E-state index in [0.717, 1.165) is 22.3 Å². The van der Waals surface area contributed by atoms with E-state index in [2.05, 4.69) is 48.5 Å². The molecule has 0 aliphatic carbocycles. The summed E-state index contributed by atoms with van der Waals surface area (Å²) in [5.41, 5.74) is 4.16. The van der Waals surface area contributed by atoms with Crippen molar-refractivity contribution in [2.24, 2.45) is 0 Å². The summed E-state index contributed by atoms with van der Waals surface area (Å²) in [6, 6.07) is 40.8. The quantitative estimate of drug-likeness (QED) is 0.151. The van der Waals surface area contributed by atoms with E-state index in [1.54, 1.807) is 11.8 Å². The Bertz CT molecular complexity index is 1260. The summed E-state index contributed by atoms with van der Waals surface area (Å²) in [7, 11) is 0. The summed E-state index contributed by atoms with van der Waals surface area (Å²) < 4.78 is 32.8. The monoisotopic (exact) mass is 572 g/mol. The highest BCUT2D eigenvalue weighted by molar-refractivity contribution is 7.99. The Morgan fingerprint density at radius 3 is 1.34 bits per heavy atom. The van der Waals surface area contributed by atoms with Crippen molar-refractivity contribution in [3.63, 3.8) is 0 Å². The van der Waals surface area contributed by atoms with E-state index in [0.29, 0.717) is 33.0 Å². The van der Waals surface area contributed by atoms with Crippen LogP contribution in [0.3, 0.4) is 0 Å². The fourth-order valence-electron chi connectivity index (χ4n) is 4.94. The van der Waals surface area contributed by atoms with Crippen molar-refractivity contribution in [1.82, 2.24) is 0 Å². The van der Waals surface area contributed by atoms with Crippen molar-refractivity contribution < 1.29 is 23.7 Å². The van der Waals surface area contributed by atoms with Gasteiger partial charge in [0.15, 0.2) is 0 Å². The average molecular weight is 573 g/mol. The number of hydrogen-bond acceptors (Lipinski definition) is 6. The lowest BCUT2D eigenvalue weighted by Crippen LogP contribution is -2.60. The van der Waals surface area contributed by atoms with Gasteiger partial charge in [0.05, 0.1) is 33.0 Å². The van der Waals surface area contributed by atoms with E-state index in [-0.39, 0.29) is 23.7 Å². The minimum atomic E-state index is -0.404. The van der Waals surface area contributed by atoms with Gasteiger partial charge >= 0.3 is 0 Å². The van der Waals surface area contributed by atoms with Gasteiger partial charge in [-0.25, -0.2) is 0 Å². The average Bonchev–Trinajstić information content (AvgIpc) is 3.04. The summed E-state index contributed by atoms with van der Waals surface area (Å²) in [5.74, 6) is 0. The molecular weight excluding hydrogens is 534 g/mol. The molecule has 4 aromatic rings. The van der Waals surface area contributed by atoms with Gasteiger partial charge in [0.25, 0.3) is 0 Å². The Morgan fingerprint density at radius 2 is 0.902 bits per heavy atom. The molecule has 0 N–H and O–H groups in total. The zero-order chi connectivity index (χ0) is 28.1. The van der Waals surface area contributed by atoms with E-state index >= 15 is 0 Å². The highest BCUT2D eigenvalue weighted by Crippen LogP contribution is 2.34. The first-order chi connectivity index (χ1) is 20.3. The highest BCUT2D eigenvalue weighted by atomic mass is 32.2. The van der Waals surface area contributed by atoms with Gasteiger partial charge in [-0.2, -0.15) is 0 Å². The minimum Gasteiger partial charge on any atom is -0.374 e. The first-order valence-electron chi connectivity index (χ1n) is 14.1. The van der Waals surface area contributed by atoms with E-state index in [9.17, 15) is 0 Å². The Labute approximate surface area is 247 Å². The largest absolute Gasteiger partial charge is 0.374 e. The molecule has 0 amide bonds. The molecule has 1 saturated heterocycles. The second kappa shape index (κ2) is 15.9. The number of rotatable bonds is 14. The fourth-order valence-corrected chi connectivity index (χ4v) is 5.69. The van der Waals surface area contributed by atoms with Crippen LogP contribution in [0.15, 0.2) is 121 Å². The van der Waals surface area contributed by atoms with Crippen molar-refractivity contribution in [2.45, 2.75) is 56.3 Å². The van der Waals surface area contributed by atoms with Crippen LogP contribution in [-0.2, 0) is 50.1 Å². The van der Waals surface area contributed by atoms with Crippen LogP contribution < -0.4 is 0 Å². The van der Waals surface area contributed by atoms with Gasteiger partial charge in [-0.3, -0.25) is 0 Å². The summed E-state index contributed by atoms with van der Waals surface area (Å²) in [6.45, 7) is 2.21. The van der Waals surface area contributed by atoms with Crippen LogP contribution in [0.2, 0.25) is 0 Å². The molecule has 41 heavy (non-hydrogen) atoms. The highest BCUT2D eigenvalue weighted by Gasteiger charge is 2.48. The Hall–Kier alpha value is -2.97. The molecule has 214 valence electrons. The van der Waals surface area contributed by atoms with Gasteiger partial charge in [-0.1, -0.05) is 121 Å². The lowest BCUT2D eigenvalue weighted by molar-refractivity contribution is -0.254. The summed E-state index contributed by atoms with van der Waals surface area (Å²) in [6.07, 6.45) is 0.584. The van der Waals surface area contributed by atoms with Crippen molar-refractivity contribution >= 4 is 11.8 Å². The maximum Gasteiger partial charge on any atom is 0.132 e. The van der Waals surface area contributed by atoms with E-state index in [4.69, 9.17) is 23.7 Å². The molecule has 0 aromatic heterocycles. The molecule has 1 aliphatic heterocycles. The Balaban J connectivity index is 1.38. The predicted octanol–water partition coefficient (Wildman–Crippen LogP) is 7.05. The zero-order valence-corrected chi connectivity index (χ0v) is 24.2. The van der Waals surface area contributed by atoms with Crippen LogP contribution in [0.5, 0.6) is 0 Å². The maximum atomic E-state index is 6.70. The van der Waals surface area contributed by atoms with Crippen molar-refractivity contribution in [3.05, 3.63) is 144 Å². The molecule has 1 aliphatic rings. The standard InChI is InChI=1S/C35H38O5S/c1-41-35-34(39-25-30-20-12-5-13-21-30)33(38-24-29-18-10-4-11-19-29)32(37-23-28-16-8-3-9-17-28)31(40-35)26-36-22-27-14-6-2-7-15-27/h2-21,31-35H,22-26H2,1H3/t31-,32-,33+,34-,35+/m1/s1/i1+1,35+1. The fraction of sp³-hybridized carbons (Fsp3) is 0.314. The van der Waals surface area contributed by atoms with Crippen molar-refractivity contribution in [1.29, 1.82) is 0 Å². The molecule has 1 fully saturated rings. The molecule has 0 radical (unpaired) electrons. The molecule has 5 atom stereocenters. The second-order valence-corrected chi connectivity index (χ2v) is 11.0. The van der Waals surface area contributed by atoms with Crippen LogP contribution in [0.1, 0.15) is 22.3 Å². The van der Waals surface area contributed by atoms with Crippen LogP contribution in [0.25, 0.3) is 0 Å².